The first-order chi connectivity index (χ1) is 18.0. The van der Waals surface area contributed by atoms with Crippen LogP contribution >= 0.6 is 0 Å². The molecule has 2 unspecified atom stereocenters. The first-order valence-electron chi connectivity index (χ1n) is 11.9. The highest BCUT2D eigenvalue weighted by Crippen LogP contribution is 2.27. The molecule has 0 aliphatic carbocycles. The molecule has 3 amide bonds. The minimum absolute atomic E-state index is 0.152. The zero-order chi connectivity index (χ0) is 27.9. The molecule has 0 radical (unpaired) electrons. The van der Waals surface area contributed by atoms with Gasteiger partial charge in [0.1, 0.15) is 30.0 Å². The minimum Gasteiger partial charge on any atom is -0.508 e. The average Bonchev–Trinajstić information content (AvgIpc) is 2.85. The number of hydrogen-bond acceptors (Lipinski definition) is 7. The number of aliphatic hydroxyl groups is 1. The molecular formula is C28H30N4O6. The smallest absolute Gasteiger partial charge is 0.408 e. The van der Waals surface area contributed by atoms with E-state index in [-0.39, 0.29) is 11.3 Å². The summed E-state index contributed by atoms with van der Waals surface area (Å²) < 4.78 is 5.17. The van der Waals surface area contributed by atoms with E-state index in [1.165, 1.54) is 24.3 Å². The number of fused-ring (bicyclic) bond motifs is 1. The number of rotatable bonds is 8. The van der Waals surface area contributed by atoms with E-state index in [4.69, 9.17) is 4.74 Å². The van der Waals surface area contributed by atoms with Gasteiger partial charge in [0.15, 0.2) is 0 Å². The van der Waals surface area contributed by atoms with Crippen LogP contribution in [0.3, 0.4) is 0 Å². The maximum Gasteiger partial charge on any atom is 0.408 e. The van der Waals surface area contributed by atoms with Gasteiger partial charge in [0.2, 0.25) is 5.91 Å². The minimum atomic E-state index is -1.49. The second-order valence-electron chi connectivity index (χ2n) is 9.55. The Bertz CT molecular complexity index is 1360. The third-order valence-corrected chi connectivity index (χ3v) is 5.46. The standard InChI is InChI=1S/C28H30N4O6/c1-28(2,3)38-27(37)31-23(17-33)26(36)32(14-13-29)24(20-9-6-10-22(34)16-20)25(35)30-21-12-11-18-7-4-5-8-19(18)15-21/h4-12,15-16,23-24,33-34H,14,17H2,1-3H3,(H,30,35)(H,31,37). The summed E-state index contributed by atoms with van der Waals surface area (Å²) in [6.45, 7) is 3.56. The number of phenolic OH excluding ortho intramolecular Hbond substituents is 1. The van der Waals surface area contributed by atoms with Gasteiger partial charge in [-0.05, 0) is 61.4 Å². The van der Waals surface area contributed by atoms with Gasteiger partial charge < -0.3 is 30.5 Å². The third kappa shape index (κ3) is 7.21. The normalized spacial score (nSPS) is 12.6. The lowest BCUT2D eigenvalue weighted by Gasteiger charge is -2.32. The van der Waals surface area contributed by atoms with Crippen molar-refractivity contribution < 1.29 is 29.3 Å². The lowest BCUT2D eigenvalue weighted by atomic mass is 10.0. The van der Waals surface area contributed by atoms with E-state index < -0.39 is 48.7 Å². The molecule has 3 rings (SSSR count). The Labute approximate surface area is 220 Å². The molecule has 4 N–H and O–H groups in total. The van der Waals surface area contributed by atoms with Crippen molar-refractivity contribution in [3.05, 3.63) is 72.3 Å². The molecule has 10 nitrogen and oxygen atoms in total. The summed E-state index contributed by atoms with van der Waals surface area (Å²) >= 11 is 0. The monoisotopic (exact) mass is 518 g/mol. The number of aromatic hydroxyl groups is 1. The molecule has 0 fully saturated rings. The molecule has 0 aliphatic heterocycles. The zero-order valence-corrected chi connectivity index (χ0v) is 21.3. The van der Waals surface area contributed by atoms with Gasteiger partial charge in [-0.3, -0.25) is 9.59 Å². The Morgan fingerprint density at radius 3 is 2.37 bits per heavy atom. The van der Waals surface area contributed by atoms with E-state index in [1.54, 1.807) is 32.9 Å². The molecule has 38 heavy (non-hydrogen) atoms. The summed E-state index contributed by atoms with van der Waals surface area (Å²) in [5.41, 5.74) is -0.182. The van der Waals surface area contributed by atoms with Crippen molar-refractivity contribution >= 4 is 34.4 Å². The summed E-state index contributed by atoms with van der Waals surface area (Å²) in [5, 5.41) is 36.4. The van der Waals surface area contributed by atoms with Crippen LogP contribution in [0.2, 0.25) is 0 Å². The Morgan fingerprint density at radius 2 is 1.74 bits per heavy atom. The van der Waals surface area contributed by atoms with Gasteiger partial charge in [0, 0.05) is 5.69 Å². The van der Waals surface area contributed by atoms with Crippen LogP contribution in [0.5, 0.6) is 5.75 Å². The molecule has 3 aromatic rings. The zero-order valence-electron chi connectivity index (χ0n) is 21.3. The number of carbonyl (C=O) groups is 3. The molecule has 0 saturated carbocycles. The molecule has 0 heterocycles. The van der Waals surface area contributed by atoms with Crippen molar-refractivity contribution in [2.45, 2.75) is 38.5 Å². The Hall–Kier alpha value is -4.62. The van der Waals surface area contributed by atoms with Gasteiger partial charge in [0.05, 0.1) is 12.7 Å². The quantitative estimate of drug-likeness (QED) is 0.333. The fraction of sp³-hybridized carbons (Fsp3) is 0.286. The number of aliphatic hydroxyl groups excluding tert-OH is 1. The van der Waals surface area contributed by atoms with Gasteiger partial charge in [0.25, 0.3) is 5.91 Å². The van der Waals surface area contributed by atoms with Crippen LogP contribution in [-0.2, 0) is 14.3 Å². The second kappa shape index (κ2) is 12.1. The SMILES string of the molecule is CC(C)(C)OC(=O)NC(CO)C(=O)N(CC#N)C(C(=O)Nc1ccc2ccccc2c1)c1cccc(O)c1. The van der Waals surface area contributed by atoms with E-state index in [0.29, 0.717) is 5.69 Å². The van der Waals surface area contributed by atoms with Crippen molar-refractivity contribution in [2.75, 3.05) is 18.5 Å². The fourth-order valence-electron chi connectivity index (χ4n) is 3.85. The van der Waals surface area contributed by atoms with Gasteiger partial charge in [-0.2, -0.15) is 5.26 Å². The molecule has 198 valence electrons. The predicted octanol–water partition coefficient (Wildman–Crippen LogP) is 3.46. The lowest BCUT2D eigenvalue weighted by molar-refractivity contribution is -0.140. The van der Waals surface area contributed by atoms with Crippen molar-refractivity contribution in [2.24, 2.45) is 0 Å². The van der Waals surface area contributed by atoms with E-state index in [1.807, 2.05) is 36.4 Å². The van der Waals surface area contributed by atoms with Crippen LogP contribution in [0.4, 0.5) is 10.5 Å². The van der Waals surface area contributed by atoms with Crippen LogP contribution in [-0.4, -0.2) is 57.8 Å². The molecule has 3 aromatic carbocycles. The number of ether oxygens (including phenoxy) is 1. The molecule has 0 saturated heterocycles. The number of amides is 3. The number of phenols is 1. The molecule has 0 bridgehead atoms. The number of hydrogen-bond donors (Lipinski definition) is 4. The van der Waals surface area contributed by atoms with Gasteiger partial charge in [-0.15, -0.1) is 0 Å². The number of alkyl carbamates (subject to hydrolysis) is 1. The number of anilines is 1. The molecule has 0 aromatic heterocycles. The maximum atomic E-state index is 13.6. The van der Waals surface area contributed by atoms with Crippen molar-refractivity contribution in [3.63, 3.8) is 0 Å². The highest BCUT2D eigenvalue weighted by atomic mass is 16.6. The van der Waals surface area contributed by atoms with Gasteiger partial charge in [-0.25, -0.2) is 4.79 Å². The Balaban J connectivity index is 1.97. The van der Waals surface area contributed by atoms with Crippen LogP contribution < -0.4 is 10.6 Å². The fourth-order valence-corrected chi connectivity index (χ4v) is 3.85. The number of nitriles is 1. The summed E-state index contributed by atoms with van der Waals surface area (Å²) in [4.78, 5) is 40.4. The first-order valence-corrected chi connectivity index (χ1v) is 11.9. The van der Waals surface area contributed by atoms with E-state index in [0.717, 1.165) is 15.7 Å². The summed E-state index contributed by atoms with van der Waals surface area (Å²) in [5.74, 6) is -1.70. The molecule has 0 aliphatic rings. The van der Waals surface area contributed by atoms with Crippen LogP contribution in [0.25, 0.3) is 10.8 Å². The Morgan fingerprint density at radius 1 is 1.03 bits per heavy atom. The highest BCUT2D eigenvalue weighted by Gasteiger charge is 2.36. The van der Waals surface area contributed by atoms with Crippen molar-refractivity contribution in [1.29, 1.82) is 5.26 Å². The number of nitrogens with one attached hydrogen (secondary N) is 2. The summed E-state index contributed by atoms with van der Waals surface area (Å²) in [7, 11) is 0. The largest absolute Gasteiger partial charge is 0.508 e. The number of benzene rings is 3. The topological polar surface area (TPSA) is 152 Å². The molecule has 0 spiro atoms. The molecule has 10 heteroatoms. The summed E-state index contributed by atoms with van der Waals surface area (Å²) in [6, 6.07) is 17.6. The van der Waals surface area contributed by atoms with Gasteiger partial charge in [-0.1, -0.05) is 42.5 Å². The maximum absolute atomic E-state index is 13.6. The van der Waals surface area contributed by atoms with Crippen molar-refractivity contribution in [1.82, 2.24) is 10.2 Å². The molecule has 2 atom stereocenters. The highest BCUT2D eigenvalue weighted by molar-refractivity contribution is 6.00. The number of nitrogens with zero attached hydrogens (tertiary/aromatic N) is 2. The van der Waals surface area contributed by atoms with E-state index in [2.05, 4.69) is 10.6 Å². The van der Waals surface area contributed by atoms with E-state index in [9.17, 15) is 29.9 Å². The average molecular weight is 519 g/mol. The first kappa shape index (κ1) is 28.0. The van der Waals surface area contributed by atoms with Crippen LogP contribution in [0, 0.1) is 11.3 Å². The molecular weight excluding hydrogens is 488 g/mol. The van der Waals surface area contributed by atoms with Crippen LogP contribution in [0.15, 0.2) is 66.7 Å². The predicted molar refractivity (Wildman–Crippen MR) is 141 cm³/mol. The summed E-state index contributed by atoms with van der Waals surface area (Å²) in [6.07, 6.45) is -0.948. The second-order valence-corrected chi connectivity index (χ2v) is 9.55. The van der Waals surface area contributed by atoms with Crippen molar-refractivity contribution in [3.8, 4) is 11.8 Å². The van der Waals surface area contributed by atoms with Gasteiger partial charge >= 0.3 is 6.09 Å². The van der Waals surface area contributed by atoms with Crippen LogP contribution in [0.1, 0.15) is 32.4 Å². The van der Waals surface area contributed by atoms with E-state index >= 15 is 0 Å². The third-order valence-electron chi connectivity index (χ3n) is 5.46. The lowest BCUT2D eigenvalue weighted by Crippen LogP contribution is -2.54. The number of carbonyl (C=O) groups excluding carboxylic acids is 3. The Kier molecular flexibility index (Phi) is 8.89.